The van der Waals surface area contributed by atoms with Crippen LogP contribution in [0.25, 0.3) is 0 Å². The summed E-state index contributed by atoms with van der Waals surface area (Å²) >= 11 is 0. The molecule has 1 N–H and O–H groups in total. The summed E-state index contributed by atoms with van der Waals surface area (Å²) in [7, 11) is 0. The SMILES string of the molecule is CCC1CCC(NC(=O)c2ccc(OC3CCCCC3)cc2)C1. The van der Waals surface area contributed by atoms with E-state index in [0.29, 0.717) is 12.1 Å². The van der Waals surface area contributed by atoms with E-state index in [2.05, 4.69) is 12.2 Å². The number of hydrogen-bond donors (Lipinski definition) is 1. The molecule has 2 fully saturated rings. The highest BCUT2D eigenvalue weighted by molar-refractivity contribution is 5.94. The smallest absolute Gasteiger partial charge is 0.251 e. The van der Waals surface area contributed by atoms with Crippen LogP contribution in [0.15, 0.2) is 24.3 Å². The average Bonchev–Trinajstić information content (AvgIpc) is 3.04. The van der Waals surface area contributed by atoms with Gasteiger partial charge in [0.2, 0.25) is 0 Å². The molecule has 2 aliphatic rings. The predicted octanol–water partition coefficient (Wildman–Crippen LogP) is 4.71. The molecule has 0 saturated heterocycles. The minimum absolute atomic E-state index is 0.0518. The summed E-state index contributed by atoms with van der Waals surface area (Å²) in [6.07, 6.45) is 11.3. The summed E-state index contributed by atoms with van der Waals surface area (Å²) in [4.78, 5) is 12.3. The van der Waals surface area contributed by atoms with E-state index in [9.17, 15) is 4.79 Å². The molecule has 2 saturated carbocycles. The second-order valence-corrected chi connectivity index (χ2v) is 7.16. The van der Waals surface area contributed by atoms with Crippen molar-refractivity contribution in [2.24, 2.45) is 5.92 Å². The van der Waals surface area contributed by atoms with Crippen LogP contribution in [0.3, 0.4) is 0 Å². The van der Waals surface area contributed by atoms with E-state index in [1.165, 1.54) is 32.1 Å². The Kier molecular flexibility index (Phi) is 5.58. The molecule has 3 heteroatoms. The fraction of sp³-hybridized carbons (Fsp3) is 0.650. The van der Waals surface area contributed by atoms with Crippen molar-refractivity contribution in [2.75, 3.05) is 0 Å². The van der Waals surface area contributed by atoms with Crippen LogP contribution in [-0.4, -0.2) is 18.1 Å². The Morgan fingerprint density at radius 3 is 2.48 bits per heavy atom. The van der Waals surface area contributed by atoms with E-state index in [-0.39, 0.29) is 5.91 Å². The van der Waals surface area contributed by atoms with Gasteiger partial charge in [0.05, 0.1) is 6.10 Å². The Hall–Kier alpha value is -1.51. The zero-order valence-electron chi connectivity index (χ0n) is 14.2. The molecule has 1 aromatic carbocycles. The maximum atomic E-state index is 12.3. The van der Waals surface area contributed by atoms with Gasteiger partial charge in [-0.2, -0.15) is 0 Å². The van der Waals surface area contributed by atoms with Crippen molar-refractivity contribution in [3.8, 4) is 5.75 Å². The lowest BCUT2D eigenvalue weighted by molar-refractivity contribution is 0.0937. The van der Waals surface area contributed by atoms with Gasteiger partial charge in [0.1, 0.15) is 5.75 Å². The van der Waals surface area contributed by atoms with Crippen molar-refractivity contribution in [1.29, 1.82) is 0 Å². The fourth-order valence-electron chi connectivity index (χ4n) is 3.91. The average molecular weight is 315 g/mol. The van der Waals surface area contributed by atoms with E-state index in [0.717, 1.165) is 42.9 Å². The van der Waals surface area contributed by atoms with E-state index in [1.54, 1.807) is 0 Å². The number of rotatable bonds is 5. The van der Waals surface area contributed by atoms with Crippen LogP contribution in [-0.2, 0) is 0 Å². The molecule has 1 amide bonds. The van der Waals surface area contributed by atoms with Crippen LogP contribution in [0.1, 0.15) is 75.1 Å². The highest BCUT2D eigenvalue weighted by Gasteiger charge is 2.24. The van der Waals surface area contributed by atoms with Crippen LogP contribution >= 0.6 is 0 Å². The molecule has 23 heavy (non-hydrogen) atoms. The van der Waals surface area contributed by atoms with Gasteiger partial charge in [-0.15, -0.1) is 0 Å². The second-order valence-electron chi connectivity index (χ2n) is 7.16. The van der Waals surface area contributed by atoms with E-state index in [1.807, 2.05) is 24.3 Å². The number of amides is 1. The van der Waals surface area contributed by atoms with Gasteiger partial charge < -0.3 is 10.1 Å². The lowest BCUT2D eigenvalue weighted by Gasteiger charge is -2.23. The third-order valence-electron chi connectivity index (χ3n) is 5.43. The molecule has 2 aliphatic carbocycles. The van der Waals surface area contributed by atoms with Gasteiger partial charge in [-0.3, -0.25) is 4.79 Å². The van der Waals surface area contributed by atoms with Crippen LogP contribution in [0.5, 0.6) is 5.75 Å². The lowest BCUT2D eigenvalue weighted by Crippen LogP contribution is -2.32. The summed E-state index contributed by atoms with van der Waals surface area (Å²) in [5.74, 6) is 1.72. The Morgan fingerprint density at radius 2 is 1.83 bits per heavy atom. The maximum absolute atomic E-state index is 12.3. The van der Waals surface area contributed by atoms with Gasteiger partial charge in [0.15, 0.2) is 0 Å². The van der Waals surface area contributed by atoms with Crippen LogP contribution in [0.2, 0.25) is 0 Å². The standard InChI is InChI=1S/C20H29NO2/c1-2-15-8-11-17(14-15)21-20(22)16-9-12-19(13-10-16)23-18-6-4-3-5-7-18/h9-10,12-13,15,17-18H,2-8,11,14H2,1H3,(H,21,22). The summed E-state index contributed by atoms with van der Waals surface area (Å²) < 4.78 is 6.02. The molecule has 0 aliphatic heterocycles. The first-order valence-electron chi connectivity index (χ1n) is 9.32. The molecular weight excluding hydrogens is 286 g/mol. The van der Waals surface area contributed by atoms with Gasteiger partial charge in [-0.05, 0) is 75.1 Å². The quantitative estimate of drug-likeness (QED) is 0.855. The number of carbonyl (C=O) groups is 1. The molecule has 1 aromatic rings. The van der Waals surface area contributed by atoms with Gasteiger partial charge >= 0.3 is 0 Å². The molecule has 3 nitrogen and oxygen atoms in total. The number of carbonyl (C=O) groups excluding carboxylic acids is 1. The van der Waals surface area contributed by atoms with Crippen LogP contribution in [0.4, 0.5) is 0 Å². The topological polar surface area (TPSA) is 38.3 Å². The van der Waals surface area contributed by atoms with Gasteiger partial charge in [-0.1, -0.05) is 19.8 Å². The lowest BCUT2D eigenvalue weighted by atomic mass is 9.98. The number of benzene rings is 1. The van der Waals surface area contributed by atoms with Crippen LogP contribution < -0.4 is 10.1 Å². The van der Waals surface area contributed by atoms with Gasteiger partial charge in [-0.25, -0.2) is 0 Å². The third kappa shape index (κ3) is 4.49. The Bertz CT molecular complexity index is 505. The first kappa shape index (κ1) is 16.4. The van der Waals surface area contributed by atoms with Crippen molar-refractivity contribution in [3.05, 3.63) is 29.8 Å². The van der Waals surface area contributed by atoms with Gasteiger partial charge in [0.25, 0.3) is 5.91 Å². The second kappa shape index (κ2) is 7.85. The summed E-state index contributed by atoms with van der Waals surface area (Å²) in [5, 5.41) is 3.18. The monoisotopic (exact) mass is 315 g/mol. The van der Waals surface area contributed by atoms with Crippen molar-refractivity contribution in [2.45, 2.75) is 76.9 Å². The van der Waals surface area contributed by atoms with E-state index >= 15 is 0 Å². The normalized spacial score (nSPS) is 25.3. The molecule has 0 aromatic heterocycles. The van der Waals surface area contributed by atoms with E-state index in [4.69, 9.17) is 4.74 Å². The van der Waals surface area contributed by atoms with Crippen molar-refractivity contribution >= 4 is 5.91 Å². The molecular formula is C20H29NO2. The predicted molar refractivity (Wildman–Crippen MR) is 92.8 cm³/mol. The number of nitrogens with one attached hydrogen (secondary N) is 1. The maximum Gasteiger partial charge on any atom is 0.251 e. The van der Waals surface area contributed by atoms with Crippen molar-refractivity contribution in [3.63, 3.8) is 0 Å². The summed E-state index contributed by atoms with van der Waals surface area (Å²) in [6, 6.07) is 8.00. The Balaban J connectivity index is 1.51. The zero-order chi connectivity index (χ0) is 16.1. The summed E-state index contributed by atoms with van der Waals surface area (Å²) in [6.45, 7) is 2.24. The number of hydrogen-bond acceptors (Lipinski definition) is 2. The Morgan fingerprint density at radius 1 is 1.09 bits per heavy atom. The summed E-state index contributed by atoms with van der Waals surface area (Å²) in [5.41, 5.74) is 0.737. The number of ether oxygens (including phenoxy) is 1. The largest absolute Gasteiger partial charge is 0.490 e. The fourth-order valence-corrected chi connectivity index (χ4v) is 3.91. The molecule has 0 bridgehead atoms. The van der Waals surface area contributed by atoms with Crippen LogP contribution in [0, 0.1) is 5.92 Å². The first-order valence-corrected chi connectivity index (χ1v) is 9.32. The molecule has 2 atom stereocenters. The highest BCUT2D eigenvalue weighted by Crippen LogP contribution is 2.28. The highest BCUT2D eigenvalue weighted by atomic mass is 16.5. The molecule has 0 spiro atoms. The molecule has 0 heterocycles. The minimum Gasteiger partial charge on any atom is -0.490 e. The van der Waals surface area contributed by atoms with Gasteiger partial charge in [0, 0.05) is 11.6 Å². The molecule has 0 radical (unpaired) electrons. The van der Waals surface area contributed by atoms with E-state index < -0.39 is 0 Å². The minimum atomic E-state index is 0.0518. The molecule has 3 rings (SSSR count). The molecule has 126 valence electrons. The third-order valence-corrected chi connectivity index (χ3v) is 5.43. The zero-order valence-corrected chi connectivity index (χ0v) is 14.2. The van der Waals surface area contributed by atoms with Crippen molar-refractivity contribution in [1.82, 2.24) is 5.32 Å². The Labute approximate surface area is 139 Å². The van der Waals surface area contributed by atoms with Crippen molar-refractivity contribution < 1.29 is 9.53 Å². The first-order chi connectivity index (χ1) is 11.2. The molecule has 2 unspecified atom stereocenters.